The highest BCUT2D eigenvalue weighted by atomic mass is 32.1. The van der Waals surface area contributed by atoms with Crippen molar-refractivity contribution in [3.8, 4) is 0 Å². The maximum absolute atomic E-state index is 12.5. The Labute approximate surface area is 154 Å². The minimum Gasteiger partial charge on any atom is -0.481 e. The van der Waals surface area contributed by atoms with E-state index in [-0.39, 0.29) is 18.6 Å². The van der Waals surface area contributed by atoms with E-state index in [0.29, 0.717) is 13.1 Å². The molecule has 0 aliphatic carbocycles. The molecule has 0 spiro atoms. The lowest BCUT2D eigenvalue weighted by atomic mass is 10.1. The molecule has 25 heavy (non-hydrogen) atoms. The number of nitrogens with one attached hydrogen (secondary N) is 1. The number of thiophene rings is 1. The van der Waals surface area contributed by atoms with E-state index in [1.807, 2.05) is 59.1 Å². The lowest BCUT2D eigenvalue weighted by Crippen LogP contribution is -2.50. The number of carboxylic acid groups (broad SMARTS) is 1. The normalized spacial score (nSPS) is 13.4. The second-order valence-electron chi connectivity index (χ2n) is 7.92. The standard InChI is InChI=1S/C18H30N2O4S/c1-17(2,3)20(16(23)24-18(4,5)6)10-9-19-13(12-15(21)22)14-8-7-11-25-14/h7-8,11,13,19H,9-10,12H2,1-6H3,(H,21,22). The Kier molecular flexibility index (Phi) is 7.44. The van der Waals surface area contributed by atoms with Crippen molar-refractivity contribution in [2.75, 3.05) is 13.1 Å². The maximum Gasteiger partial charge on any atom is 0.410 e. The number of amides is 1. The fourth-order valence-corrected chi connectivity index (χ4v) is 3.11. The fourth-order valence-electron chi connectivity index (χ4n) is 2.31. The number of carboxylic acids is 1. The average Bonchev–Trinajstić information content (AvgIpc) is 2.91. The summed E-state index contributed by atoms with van der Waals surface area (Å²) in [5, 5.41) is 14.3. The first-order chi connectivity index (χ1) is 11.4. The molecule has 1 rings (SSSR count). The summed E-state index contributed by atoms with van der Waals surface area (Å²) in [5.41, 5.74) is -0.952. The van der Waals surface area contributed by atoms with Gasteiger partial charge in [0.2, 0.25) is 0 Å². The van der Waals surface area contributed by atoms with Gasteiger partial charge in [-0.25, -0.2) is 4.79 Å². The Bertz CT molecular complexity index is 559. The second kappa shape index (κ2) is 8.67. The SMILES string of the molecule is CC(C)(C)OC(=O)N(CCNC(CC(=O)O)c1cccs1)C(C)(C)C. The summed E-state index contributed by atoms with van der Waals surface area (Å²) in [6, 6.07) is 3.55. The van der Waals surface area contributed by atoms with Gasteiger partial charge in [-0.05, 0) is 53.0 Å². The van der Waals surface area contributed by atoms with Gasteiger partial charge < -0.3 is 20.1 Å². The summed E-state index contributed by atoms with van der Waals surface area (Å²) in [6.45, 7) is 12.3. The van der Waals surface area contributed by atoms with Gasteiger partial charge in [0.05, 0.1) is 12.5 Å². The van der Waals surface area contributed by atoms with Crippen molar-refractivity contribution in [1.29, 1.82) is 0 Å². The zero-order valence-corrected chi connectivity index (χ0v) is 16.8. The molecular formula is C18H30N2O4S. The van der Waals surface area contributed by atoms with Crippen molar-refractivity contribution < 1.29 is 19.4 Å². The molecule has 7 heteroatoms. The van der Waals surface area contributed by atoms with Gasteiger partial charge in [-0.15, -0.1) is 11.3 Å². The molecule has 6 nitrogen and oxygen atoms in total. The number of carbonyl (C=O) groups is 2. The molecule has 2 N–H and O–H groups in total. The third kappa shape index (κ3) is 7.88. The Morgan fingerprint density at radius 2 is 1.92 bits per heavy atom. The minimum absolute atomic E-state index is 0.00245. The Morgan fingerprint density at radius 1 is 1.28 bits per heavy atom. The van der Waals surface area contributed by atoms with Crippen molar-refractivity contribution in [2.24, 2.45) is 0 Å². The fraction of sp³-hybridized carbons (Fsp3) is 0.667. The summed E-state index contributed by atoms with van der Waals surface area (Å²) in [7, 11) is 0. The summed E-state index contributed by atoms with van der Waals surface area (Å²) >= 11 is 1.52. The molecule has 1 heterocycles. The Hall–Kier alpha value is -1.60. The van der Waals surface area contributed by atoms with E-state index in [9.17, 15) is 9.59 Å². The monoisotopic (exact) mass is 370 g/mol. The molecule has 0 saturated heterocycles. The molecule has 0 saturated carbocycles. The van der Waals surface area contributed by atoms with Crippen LogP contribution in [0.4, 0.5) is 4.79 Å². The molecule has 0 aliphatic heterocycles. The number of aliphatic carboxylic acids is 1. The second-order valence-corrected chi connectivity index (χ2v) is 8.90. The van der Waals surface area contributed by atoms with E-state index in [4.69, 9.17) is 9.84 Å². The molecule has 1 atom stereocenters. The molecule has 1 aromatic rings. The first-order valence-corrected chi connectivity index (χ1v) is 9.27. The van der Waals surface area contributed by atoms with Crippen LogP contribution in [-0.4, -0.2) is 46.3 Å². The smallest absolute Gasteiger partial charge is 0.410 e. The first kappa shape index (κ1) is 21.4. The van der Waals surface area contributed by atoms with Gasteiger partial charge in [-0.2, -0.15) is 0 Å². The number of carbonyl (C=O) groups excluding carboxylic acids is 1. The highest BCUT2D eigenvalue weighted by molar-refractivity contribution is 7.10. The third-order valence-corrected chi connectivity index (χ3v) is 4.40. The molecule has 1 aromatic heterocycles. The van der Waals surface area contributed by atoms with E-state index in [1.54, 1.807) is 4.90 Å². The van der Waals surface area contributed by atoms with Crippen LogP contribution in [0.3, 0.4) is 0 Å². The van der Waals surface area contributed by atoms with Gasteiger partial charge in [-0.3, -0.25) is 4.79 Å². The van der Waals surface area contributed by atoms with Crippen molar-refractivity contribution in [3.05, 3.63) is 22.4 Å². The van der Waals surface area contributed by atoms with Crippen molar-refractivity contribution in [1.82, 2.24) is 10.2 Å². The highest BCUT2D eigenvalue weighted by Crippen LogP contribution is 2.22. The molecule has 0 radical (unpaired) electrons. The number of hydrogen-bond acceptors (Lipinski definition) is 5. The quantitative estimate of drug-likeness (QED) is 0.761. The van der Waals surface area contributed by atoms with Crippen LogP contribution in [0.2, 0.25) is 0 Å². The van der Waals surface area contributed by atoms with Crippen LogP contribution in [0.1, 0.15) is 58.9 Å². The topological polar surface area (TPSA) is 78.9 Å². The summed E-state index contributed by atoms with van der Waals surface area (Å²) in [4.78, 5) is 26.2. The predicted octanol–water partition coefficient (Wildman–Crippen LogP) is 3.89. The molecule has 142 valence electrons. The van der Waals surface area contributed by atoms with E-state index in [2.05, 4.69) is 5.32 Å². The molecule has 0 aliphatic rings. The van der Waals surface area contributed by atoms with Crippen molar-refractivity contribution >= 4 is 23.4 Å². The Morgan fingerprint density at radius 3 is 2.36 bits per heavy atom. The van der Waals surface area contributed by atoms with Gasteiger partial charge in [0.15, 0.2) is 0 Å². The predicted molar refractivity (Wildman–Crippen MR) is 100 cm³/mol. The number of ether oxygens (including phenoxy) is 1. The minimum atomic E-state index is -0.856. The van der Waals surface area contributed by atoms with E-state index >= 15 is 0 Å². The van der Waals surface area contributed by atoms with Crippen LogP contribution >= 0.6 is 11.3 Å². The largest absolute Gasteiger partial charge is 0.481 e. The molecule has 0 bridgehead atoms. The summed E-state index contributed by atoms with van der Waals surface area (Å²) in [5.74, 6) is -0.856. The zero-order chi connectivity index (χ0) is 19.3. The van der Waals surface area contributed by atoms with Crippen LogP contribution < -0.4 is 5.32 Å². The van der Waals surface area contributed by atoms with Gasteiger partial charge in [0, 0.05) is 23.5 Å². The van der Waals surface area contributed by atoms with E-state index in [1.165, 1.54) is 11.3 Å². The summed E-state index contributed by atoms with van der Waals surface area (Å²) < 4.78 is 5.49. The molecule has 0 fully saturated rings. The lowest BCUT2D eigenvalue weighted by molar-refractivity contribution is -0.137. The van der Waals surface area contributed by atoms with Gasteiger partial charge in [-0.1, -0.05) is 6.07 Å². The molecule has 1 unspecified atom stereocenters. The Balaban J connectivity index is 2.72. The van der Waals surface area contributed by atoms with Crippen LogP contribution in [0.5, 0.6) is 0 Å². The molecule has 0 aromatic carbocycles. The lowest BCUT2D eigenvalue weighted by Gasteiger charge is -2.37. The molecule has 1 amide bonds. The third-order valence-electron chi connectivity index (χ3n) is 3.42. The zero-order valence-electron chi connectivity index (χ0n) is 16.0. The van der Waals surface area contributed by atoms with Crippen LogP contribution in [0, 0.1) is 0 Å². The van der Waals surface area contributed by atoms with E-state index in [0.717, 1.165) is 4.88 Å². The van der Waals surface area contributed by atoms with Gasteiger partial charge in [0.1, 0.15) is 5.60 Å². The highest BCUT2D eigenvalue weighted by Gasteiger charge is 2.30. The van der Waals surface area contributed by atoms with Crippen LogP contribution in [-0.2, 0) is 9.53 Å². The van der Waals surface area contributed by atoms with Crippen molar-refractivity contribution in [3.63, 3.8) is 0 Å². The average molecular weight is 371 g/mol. The first-order valence-electron chi connectivity index (χ1n) is 8.39. The summed E-state index contributed by atoms with van der Waals surface area (Å²) in [6.07, 6.45) is -0.365. The van der Waals surface area contributed by atoms with Gasteiger partial charge >= 0.3 is 12.1 Å². The van der Waals surface area contributed by atoms with E-state index < -0.39 is 17.1 Å². The number of hydrogen-bond donors (Lipinski definition) is 2. The number of nitrogens with zero attached hydrogens (tertiary/aromatic N) is 1. The molecular weight excluding hydrogens is 340 g/mol. The van der Waals surface area contributed by atoms with Crippen LogP contribution in [0.15, 0.2) is 17.5 Å². The maximum atomic E-state index is 12.5. The number of rotatable bonds is 7. The van der Waals surface area contributed by atoms with Gasteiger partial charge in [0.25, 0.3) is 0 Å². The van der Waals surface area contributed by atoms with Crippen LogP contribution in [0.25, 0.3) is 0 Å². The van der Waals surface area contributed by atoms with Crippen molar-refractivity contribution in [2.45, 2.75) is 65.1 Å².